The molecule has 1 atom stereocenters. The van der Waals surface area contributed by atoms with E-state index in [9.17, 15) is 13.2 Å². The zero-order valence-electron chi connectivity index (χ0n) is 14.4. The molecule has 0 aromatic heterocycles. The van der Waals surface area contributed by atoms with Crippen LogP contribution in [0.2, 0.25) is 0 Å². The van der Waals surface area contributed by atoms with Crippen molar-refractivity contribution in [2.75, 3.05) is 13.6 Å². The molecule has 1 aliphatic heterocycles. The van der Waals surface area contributed by atoms with Crippen molar-refractivity contribution in [2.45, 2.75) is 30.7 Å². The number of benzene rings is 2. The van der Waals surface area contributed by atoms with Crippen molar-refractivity contribution in [3.8, 4) is 0 Å². The van der Waals surface area contributed by atoms with Gasteiger partial charge in [0, 0.05) is 20.0 Å². The van der Waals surface area contributed by atoms with E-state index in [1.165, 1.54) is 4.31 Å². The maximum absolute atomic E-state index is 13.2. The van der Waals surface area contributed by atoms with Gasteiger partial charge in [-0.25, -0.2) is 8.42 Å². The Morgan fingerprint density at radius 2 is 1.84 bits per heavy atom. The monoisotopic (exact) mass is 358 g/mol. The van der Waals surface area contributed by atoms with E-state index in [0.717, 1.165) is 16.7 Å². The van der Waals surface area contributed by atoms with Gasteiger partial charge in [0.1, 0.15) is 0 Å². The summed E-state index contributed by atoms with van der Waals surface area (Å²) in [5.41, 5.74) is 3.02. The fourth-order valence-corrected chi connectivity index (χ4v) is 4.86. The molecule has 0 bridgehead atoms. The Morgan fingerprint density at radius 3 is 2.52 bits per heavy atom. The second kappa shape index (κ2) is 6.98. The lowest BCUT2D eigenvalue weighted by molar-refractivity contribution is -0.121. The second-order valence-electron chi connectivity index (χ2n) is 6.27. The van der Waals surface area contributed by atoms with Crippen LogP contribution >= 0.6 is 0 Å². The number of hydrogen-bond acceptors (Lipinski definition) is 3. The van der Waals surface area contributed by atoms with Crippen molar-refractivity contribution in [1.29, 1.82) is 0 Å². The second-order valence-corrected chi connectivity index (χ2v) is 8.16. The molecule has 0 fully saturated rings. The number of carbonyl (C=O) groups excluding carboxylic acids is 1. The highest BCUT2D eigenvalue weighted by Crippen LogP contribution is 2.36. The maximum Gasteiger partial charge on any atom is 0.243 e. The van der Waals surface area contributed by atoms with Gasteiger partial charge < -0.3 is 5.32 Å². The van der Waals surface area contributed by atoms with Crippen LogP contribution in [0.4, 0.5) is 0 Å². The maximum atomic E-state index is 13.2. The van der Waals surface area contributed by atoms with Gasteiger partial charge in [0.25, 0.3) is 0 Å². The molecule has 5 nitrogen and oxygen atoms in total. The van der Waals surface area contributed by atoms with Gasteiger partial charge in [-0.05, 0) is 36.6 Å². The zero-order chi connectivity index (χ0) is 18.0. The smallest absolute Gasteiger partial charge is 0.243 e. The number of nitrogens with one attached hydrogen (secondary N) is 1. The summed E-state index contributed by atoms with van der Waals surface area (Å²) in [6.07, 6.45) is 0.754. The van der Waals surface area contributed by atoms with Crippen LogP contribution in [0.3, 0.4) is 0 Å². The highest BCUT2D eigenvalue weighted by molar-refractivity contribution is 7.89. The van der Waals surface area contributed by atoms with E-state index in [0.29, 0.717) is 13.0 Å². The first-order chi connectivity index (χ1) is 11.9. The molecule has 1 aliphatic rings. The predicted octanol–water partition coefficient (Wildman–Crippen LogP) is 2.42. The van der Waals surface area contributed by atoms with Crippen LogP contribution in [-0.4, -0.2) is 32.2 Å². The highest BCUT2D eigenvalue weighted by atomic mass is 32.2. The lowest BCUT2D eigenvalue weighted by atomic mass is 9.92. The zero-order valence-corrected chi connectivity index (χ0v) is 15.2. The van der Waals surface area contributed by atoms with Gasteiger partial charge in [-0.2, -0.15) is 4.31 Å². The van der Waals surface area contributed by atoms with Crippen LogP contribution in [-0.2, 0) is 21.2 Å². The van der Waals surface area contributed by atoms with E-state index in [1.807, 2.05) is 31.2 Å². The molecule has 132 valence electrons. The lowest BCUT2D eigenvalue weighted by Crippen LogP contribution is -2.41. The number of fused-ring (bicyclic) bond motifs is 1. The molecule has 0 saturated heterocycles. The Balaban J connectivity index is 2.04. The van der Waals surface area contributed by atoms with Gasteiger partial charge >= 0.3 is 0 Å². The molecule has 0 saturated carbocycles. The summed E-state index contributed by atoms with van der Waals surface area (Å²) in [6, 6.07) is 14.1. The van der Waals surface area contributed by atoms with Crippen molar-refractivity contribution in [1.82, 2.24) is 9.62 Å². The molecule has 0 spiro atoms. The molecule has 0 aliphatic carbocycles. The Kier molecular flexibility index (Phi) is 4.92. The molecule has 25 heavy (non-hydrogen) atoms. The molecule has 1 N–H and O–H groups in total. The molecule has 2 aromatic rings. The molecule has 1 unspecified atom stereocenters. The third-order valence-electron chi connectivity index (χ3n) is 4.65. The summed E-state index contributed by atoms with van der Waals surface area (Å²) >= 11 is 0. The first-order valence-electron chi connectivity index (χ1n) is 8.30. The Hall–Kier alpha value is -2.18. The molecule has 1 amide bonds. The topological polar surface area (TPSA) is 66.5 Å². The fourth-order valence-electron chi connectivity index (χ4n) is 3.25. The SMILES string of the molecule is CNC(=O)CC1c2ccccc2CCN1S(=O)(=O)c1ccc(C)cc1. The Labute approximate surface area is 148 Å². The molecule has 2 aromatic carbocycles. The number of aryl methyl sites for hydroxylation is 1. The van der Waals surface area contributed by atoms with E-state index >= 15 is 0 Å². The minimum atomic E-state index is -3.67. The average Bonchev–Trinajstić information content (AvgIpc) is 2.62. The van der Waals surface area contributed by atoms with Crippen LogP contribution in [0.5, 0.6) is 0 Å². The van der Waals surface area contributed by atoms with Gasteiger partial charge in [-0.15, -0.1) is 0 Å². The number of hydrogen-bond donors (Lipinski definition) is 1. The van der Waals surface area contributed by atoms with Crippen LogP contribution < -0.4 is 5.32 Å². The first kappa shape index (κ1) is 17.6. The quantitative estimate of drug-likeness (QED) is 0.913. The predicted molar refractivity (Wildman–Crippen MR) is 96.6 cm³/mol. The van der Waals surface area contributed by atoms with Gasteiger partial charge in [0.05, 0.1) is 10.9 Å². The minimum Gasteiger partial charge on any atom is -0.359 e. The van der Waals surface area contributed by atoms with Crippen LogP contribution in [0.1, 0.15) is 29.2 Å². The molecule has 1 heterocycles. The standard InChI is InChI=1S/C19H22N2O3S/c1-14-7-9-16(10-8-14)25(23,24)21-12-11-15-5-3-4-6-17(15)18(21)13-19(22)20-2/h3-10,18H,11-13H2,1-2H3,(H,20,22). The lowest BCUT2D eigenvalue weighted by Gasteiger charge is -2.36. The molecule has 3 rings (SSSR count). The summed E-state index contributed by atoms with van der Waals surface area (Å²) in [5, 5.41) is 2.60. The normalized spacial score (nSPS) is 17.8. The number of nitrogens with zero attached hydrogens (tertiary/aromatic N) is 1. The van der Waals surface area contributed by atoms with Gasteiger partial charge in [0.2, 0.25) is 15.9 Å². The van der Waals surface area contributed by atoms with Gasteiger partial charge in [-0.1, -0.05) is 42.0 Å². The molecular weight excluding hydrogens is 336 g/mol. The fraction of sp³-hybridized carbons (Fsp3) is 0.316. The van der Waals surface area contributed by atoms with E-state index in [2.05, 4.69) is 5.32 Å². The summed E-state index contributed by atoms with van der Waals surface area (Å²) in [7, 11) is -2.11. The van der Waals surface area contributed by atoms with Crippen LogP contribution in [0, 0.1) is 6.92 Å². The van der Waals surface area contributed by atoms with Crippen LogP contribution in [0.25, 0.3) is 0 Å². The van der Waals surface area contributed by atoms with Crippen LogP contribution in [0.15, 0.2) is 53.4 Å². The summed E-state index contributed by atoms with van der Waals surface area (Å²) in [6.45, 7) is 2.29. The highest BCUT2D eigenvalue weighted by Gasteiger charge is 2.37. The molecular formula is C19H22N2O3S. The van der Waals surface area contributed by atoms with Crippen molar-refractivity contribution >= 4 is 15.9 Å². The number of carbonyl (C=O) groups is 1. The number of rotatable bonds is 4. The Morgan fingerprint density at radius 1 is 1.16 bits per heavy atom. The van der Waals surface area contributed by atoms with Crippen molar-refractivity contribution in [2.24, 2.45) is 0 Å². The van der Waals surface area contributed by atoms with E-state index in [1.54, 1.807) is 31.3 Å². The van der Waals surface area contributed by atoms with Crippen molar-refractivity contribution in [3.63, 3.8) is 0 Å². The van der Waals surface area contributed by atoms with E-state index < -0.39 is 16.1 Å². The summed E-state index contributed by atoms with van der Waals surface area (Å²) in [4.78, 5) is 12.3. The van der Waals surface area contributed by atoms with Gasteiger partial charge in [-0.3, -0.25) is 4.79 Å². The van der Waals surface area contributed by atoms with Crippen molar-refractivity contribution in [3.05, 3.63) is 65.2 Å². The summed E-state index contributed by atoms with van der Waals surface area (Å²) in [5.74, 6) is -0.175. The molecule has 0 radical (unpaired) electrons. The average molecular weight is 358 g/mol. The van der Waals surface area contributed by atoms with Gasteiger partial charge in [0.15, 0.2) is 0 Å². The van der Waals surface area contributed by atoms with E-state index in [-0.39, 0.29) is 17.2 Å². The van der Waals surface area contributed by atoms with E-state index in [4.69, 9.17) is 0 Å². The number of sulfonamides is 1. The molecule has 6 heteroatoms. The number of amides is 1. The minimum absolute atomic E-state index is 0.110. The third-order valence-corrected chi connectivity index (χ3v) is 6.57. The first-order valence-corrected chi connectivity index (χ1v) is 9.74. The Bertz CT molecular complexity index is 876. The third kappa shape index (κ3) is 3.45. The summed E-state index contributed by atoms with van der Waals surface area (Å²) < 4.78 is 27.8. The van der Waals surface area contributed by atoms with Crippen molar-refractivity contribution < 1.29 is 13.2 Å². The largest absolute Gasteiger partial charge is 0.359 e.